The van der Waals surface area contributed by atoms with Crippen LogP contribution in [0.3, 0.4) is 0 Å². The number of likely N-dealkylation sites (tertiary alicyclic amines) is 1. The predicted molar refractivity (Wildman–Crippen MR) is 439 cm³/mol. The molecule has 0 amide bonds. The van der Waals surface area contributed by atoms with E-state index < -0.39 is 0 Å². The van der Waals surface area contributed by atoms with Crippen molar-refractivity contribution in [1.29, 1.82) is 0 Å². The number of aromatic nitrogens is 15. The van der Waals surface area contributed by atoms with Crippen molar-refractivity contribution in [3.63, 3.8) is 0 Å². The van der Waals surface area contributed by atoms with E-state index in [1.165, 1.54) is 25.9 Å². The number of morpholine rings is 1. The molecule has 7 aromatic heterocycles. The quantitative estimate of drug-likeness (QED) is 0.0423. The fourth-order valence-corrected chi connectivity index (χ4v) is 14.0. The number of rotatable bonds is 29. The van der Waals surface area contributed by atoms with Crippen molar-refractivity contribution in [3.8, 4) is 62.5 Å². The first kappa shape index (κ1) is 78.5. The fraction of sp³-hybridized carbons (Fsp3) is 0.376. The van der Waals surface area contributed by atoms with Crippen molar-refractivity contribution in [3.05, 3.63) is 183 Å². The zero-order valence-electron chi connectivity index (χ0n) is 66.5. The van der Waals surface area contributed by atoms with E-state index in [0.717, 1.165) is 175 Å². The minimum Gasteiger partial charge on any atom is -0.497 e. The molecule has 13 aromatic rings. The molecule has 2 aliphatic rings. The van der Waals surface area contributed by atoms with Crippen molar-refractivity contribution in [2.75, 3.05) is 116 Å². The minimum absolute atomic E-state index is 0.0388. The highest BCUT2D eigenvalue weighted by Gasteiger charge is 2.27. The Kier molecular flexibility index (Phi) is 25.9. The number of hydrogen-bond acceptors (Lipinski definition) is 23. The van der Waals surface area contributed by atoms with Gasteiger partial charge in [-0.1, -0.05) is 13.8 Å². The number of nitrogens with zero attached hydrogens (tertiary/aromatic N) is 20. The topological polar surface area (TPSA) is 242 Å². The van der Waals surface area contributed by atoms with Crippen LogP contribution in [-0.2, 0) is 43.3 Å². The van der Waals surface area contributed by atoms with Gasteiger partial charge < -0.3 is 52.8 Å². The number of benzene rings is 6. The van der Waals surface area contributed by atoms with Gasteiger partial charge in [-0.2, -0.15) is 20.4 Å². The van der Waals surface area contributed by atoms with Gasteiger partial charge >= 0.3 is 0 Å². The second kappa shape index (κ2) is 36.9. The Morgan fingerprint density at radius 1 is 0.491 bits per heavy atom. The maximum Gasteiger partial charge on any atom is 0.147 e. The summed E-state index contributed by atoms with van der Waals surface area (Å²) < 4.78 is 47.2. The first-order valence-corrected chi connectivity index (χ1v) is 38.3. The standard InChI is InChI=1S/C29H36N6O2.C28H32N8O2.C28H34N6O3/c1-4-37-21-22-14-25(16-26(15-22)36-3)35(13-7-12-34-10-5-6-11-34)24-8-9-27-28(17-24)32-29(19-30-27)23-18-31-33(2)20-23;1-19(2)16-35-17-21(14-31-35)28-15-29-26-7-6-22(12-27(26)32-28)36(9-8-34-18-30-20(3)33-34)23-10-24(37-4)13-25(11-23)38-5;1-19(2)33-8-9-37-25(17-33)18-34(22-10-23(35-4)13-24(11-22)36-5)21-6-7-26-27(12-21)31-28(15-29-26)20-14-30-32(3)16-20/h8-9,14-20H,4-7,10-13,21H2,1-3H3;6-7,10-15,17-19H,8-9,16H2,1-5H3;6-7,10-16,19,25H,8-9,17-18H2,1-5H3. The number of hydrogen-bond donors (Lipinski definition) is 0. The lowest BCUT2D eigenvalue weighted by Crippen LogP contribution is -2.49. The fourth-order valence-electron chi connectivity index (χ4n) is 14.0. The summed E-state index contributed by atoms with van der Waals surface area (Å²) in [5, 5.41) is 17.5. The molecule has 1 unspecified atom stereocenters. The molecule has 112 heavy (non-hydrogen) atoms. The van der Waals surface area contributed by atoms with E-state index >= 15 is 0 Å². The molecule has 0 saturated carbocycles. The van der Waals surface area contributed by atoms with Crippen molar-refractivity contribution in [1.82, 2.24) is 83.8 Å². The van der Waals surface area contributed by atoms with E-state index in [4.69, 9.17) is 48.1 Å². The van der Waals surface area contributed by atoms with Crippen LogP contribution < -0.4 is 38.4 Å². The largest absolute Gasteiger partial charge is 0.497 e. The lowest BCUT2D eigenvalue weighted by Gasteiger charge is -2.38. The van der Waals surface area contributed by atoms with Gasteiger partial charge in [0.1, 0.15) is 40.9 Å². The maximum absolute atomic E-state index is 6.23. The zero-order valence-corrected chi connectivity index (χ0v) is 66.5. The van der Waals surface area contributed by atoms with Gasteiger partial charge in [-0.15, -0.1) is 0 Å². The van der Waals surface area contributed by atoms with E-state index in [1.807, 2.05) is 129 Å². The van der Waals surface area contributed by atoms with Crippen molar-refractivity contribution < 1.29 is 33.2 Å². The number of anilines is 6. The Labute approximate surface area is 654 Å². The summed E-state index contributed by atoms with van der Waals surface area (Å²) >= 11 is 0. The molecule has 2 aliphatic heterocycles. The van der Waals surface area contributed by atoms with Gasteiger partial charge in [-0.05, 0) is 145 Å². The van der Waals surface area contributed by atoms with Crippen LogP contribution in [0.1, 0.15) is 65.3 Å². The summed E-state index contributed by atoms with van der Waals surface area (Å²) in [6.07, 6.45) is 22.3. The summed E-state index contributed by atoms with van der Waals surface area (Å²) in [5.74, 6) is 4.96. The van der Waals surface area contributed by atoms with E-state index in [2.05, 4.69) is 147 Å². The molecule has 584 valence electrons. The molecule has 0 radical (unpaired) electrons. The maximum atomic E-state index is 6.23. The molecule has 15 rings (SSSR count). The molecule has 0 bridgehead atoms. The second-order valence-corrected chi connectivity index (χ2v) is 28.7. The lowest BCUT2D eigenvalue weighted by atomic mass is 10.1. The first-order valence-electron chi connectivity index (χ1n) is 38.3. The van der Waals surface area contributed by atoms with Crippen LogP contribution in [0, 0.1) is 12.8 Å². The highest BCUT2D eigenvalue weighted by Crippen LogP contribution is 2.39. The highest BCUT2D eigenvalue weighted by atomic mass is 16.5. The number of methoxy groups -OCH3 is 5. The lowest BCUT2D eigenvalue weighted by molar-refractivity contribution is -0.0333. The van der Waals surface area contributed by atoms with Gasteiger partial charge in [-0.3, -0.25) is 38.6 Å². The molecule has 27 nitrogen and oxygen atoms in total. The third kappa shape index (κ3) is 19.9. The average Bonchev–Trinajstić information content (AvgIpc) is 1.06. The van der Waals surface area contributed by atoms with Gasteiger partial charge in [0.2, 0.25) is 0 Å². The van der Waals surface area contributed by atoms with Crippen LogP contribution in [0.2, 0.25) is 0 Å². The monoisotopic (exact) mass is 1510 g/mol. The van der Waals surface area contributed by atoms with Crippen LogP contribution in [0.5, 0.6) is 28.7 Å². The minimum atomic E-state index is 0.0388. The Bertz CT molecular complexity index is 5220. The Morgan fingerprint density at radius 3 is 1.45 bits per heavy atom. The van der Waals surface area contributed by atoms with E-state index in [0.29, 0.717) is 56.3 Å². The average molecular weight is 1520 g/mol. The van der Waals surface area contributed by atoms with Crippen LogP contribution in [0.4, 0.5) is 34.1 Å². The molecule has 0 N–H and O–H groups in total. The summed E-state index contributed by atoms with van der Waals surface area (Å²) in [5.41, 5.74) is 17.3. The van der Waals surface area contributed by atoms with Gasteiger partial charge in [0.15, 0.2) is 0 Å². The van der Waals surface area contributed by atoms with Crippen LogP contribution in [0.25, 0.3) is 66.9 Å². The molecule has 1 atom stereocenters. The number of ether oxygens (including phenoxy) is 7. The van der Waals surface area contributed by atoms with Gasteiger partial charge in [0.05, 0.1) is 155 Å². The summed E-state index contributed by atoms with van der Waals surface area (Å²) in [6.45, 7) is 23.7. The van der Waals surface area contributed by atoms with E-state index in [1.54, 1.807) is 69.8 Å². The summed E-state index contributed by atoms with van der Waals surface area (Å²) in [4.78, 5) is 44.9. The van der Waals surface area contributed by atoms with Crippen molar-refractivity contribution in [2.24, 2.45) is 20.0 Å². The van der Waals surface area contributed by atoms with Gasteiger partial charge in [0.25, 0.3) is 0 Å². The first-order chi connectivity index (χ1) is 54.5. The number of fused-ring (bicyclic) bond motifs is 3. The molecule has 0 aliphatic carbocycles. The van der Waals surface area contributed by atoms with Crippen LogP contribution in [0.15, 0.2) is 171 Å². The SMILES string of the molecule is CCOCc1cc(OC)cc(N(CCCN2CCCC2)c2ccc3ncc(-c4cnn(C)c4)nc3c2)c1.COc1cc(OC)cc(N(CC2CN(C(C)C)CCO2)c2ccc3ncc(-c4cnn(C)c4)nc3c2)c1.COc1cc(OC)cc(N(CCn2cnc(C)n2)c2ccc3ncc(-c4cnn(CC(C)C)c4)nc3c2)c1. The third-order valence-electron chi connectivity index (χ3n) is 19.8. The third-order valence-corrected chi connectivity index (χ3v) is 19.8. The van der Waals surface area contributed by atoms with Gasteiger partial charge in [-0.25, -0.2) is 19.9 Å². The molecule has 6 aromatic carbocycles. The Balaban J connectivity index is 0.000000147. The Morgan fingerprint density at radius 2 is 0.973 bits per heavy atom. The molecule has 2 fully saturated rings. The van der Waals surface area contributed by atoms with Crippen LogP contribution in [-0.4, -0.2) is 197 Å². The predicted octanol–water partition coefficient (Wildman–Crippen LogP) is 14.4. The molecular formula is C85H102N20O7. The summed E-state index contributed by atoms with van der Waals surface area (Å²) in [7, 11) is 12.1. The second-order valence-electron chi connectivity index (χ2n) is 28.7. The zero-order chi connectivity index (χ0) is 78.2. The van der Waals surface area contributed by atoms with Crippen molar-refractivity contribution in [2.45, 2.75) is 92.6 Å². The molecule has 0 spiro atoms. The summed E-state index contributed by atoms with van der Waals surface area (Å²) in [6, 6.07) is 37.2. The van der Waals surface area contributed by atoms with E-state index in [-0.39, 0.29) is 6.10 Å². The molecule has 9 heterocycles. The normalized spacial score (nSPS) is 13.8. The highest BCUT2D eigenvalue weighted by molar-refractivity contribution is 5.86. The molecular weight excluding hydrogens is 1410 g/mol. The van der Waals surface area contributed by atoms with Crippen molar-refractivity contribution >= 4 is 67.2 Å². The molecule has 2 saturated heterocycles. The number of aryl methyl sites for hydroxylation is 3. The molecule has 27 heteroatoms. The smallest absolute Gasteiger partial charge is 0.147 e. The van der Waals surface area contributed by atoms with E-state index in [9.17, 15) is 0 Å². The van der Waals surface area contributed by atoms with Crippen LogP contribution >= 0.6 is 0 Å². The Hall–Kier alpha value is -11.7. The van der Waals surface area contributed by atoms with Gasteiger partial charge in [0, 0.05) is 171 Å².